The largest absolute Gasteiger partial charge is 0.497 e. The summed E-state index contributed by atoms with van der Waals surface area (Å²) in [6, 6.07) is 9.23. The van der Waals surface area contributed by atoms with Crippen LogP contribution in [0.1, 0.15) is 36.7 Å². The molecule has 0 unspecified atom stereocenters. The number of ether oxygens (including phenoxy) is 1. The molecule has 0 bridgehead atoms. The lowest BCUT2D eigenvalue weighted by Gasteiger charge is -2.12. The fourth-order valence-electron chi connectivity index (χ4n) is 2.26. The predicted octanol–water partition coefficient (Wildman–Crippen LogP) is 1.86. The Kier molecular flexibility index (Phi) is 6.61. The highest BCUT2D eigenvalue weighted by atomic mass is 32.2. The molecule has 2 aromatic rings. The molecule has 0 heterocycles. The molecule has 0 radical (unpaired) electrons. The first kappa shape index (κ1) is 23.4. The van der Waals surface area contributed by atoms with E-state index < -0.39 is 35.7 Å². The van der Waals surface area contributed by atoms with Crippen LogP contribution in [0.3, 0.4) is 0 Å². The van der Waals surface area contributed by atoms with Crippen molar-refractivity contribution in [3.63, 3.8) is 0 Å². The topological polar surface area (TPSA) is 133 Å². The van der Waals surface area contributed by atoms with Gasteiger partial charge in [0.25, 0.3) is 15.9 Å². The van der Waals surface area contributed by atoms with Crippen LogP contribution in [0, 0.1) is 17.3 Å². The molecule has 30 heavy (non-hydrogen) atoms. The van der Waals surface area contributed by atoms with E-state index in [9.17, 15) is 21.6 Å². The van der Waals surface area contributed by atoms with Crippen LogP contribution in [0.25, 0.3) is 0 Å². The SMILES string of the molecule is COc1ccc(S(=O)(=O)NC(=O)c2ccc(C#CC(C)(C)C)cc2)c(S(N)(=O)=O)c1. The Morgan fingerprint density at radius 1 is 1.00 bits per heavy atom. The van der Waals surface area contributed by atoms with Gasteiger partial charge in [0, 0.05) is 22.6 Å². The number of benzene rings is 2. The second kappa shape index (κ2) is 8.47. The summed E-state index contributed by atoms with van der Waals surface area (Å²) in [4.78, 5) is 11.1. The van der Waals surface area contributed by atoms with Crippen LogP contribution < -0.4 is 14.6 Å². The standard InChI is InChI=1S/C20H22N2O6S2/c1-20(2,3)12-11-14-5-7-15(8-6-14)19(23)22-30(26,27)17-10-9-16(28-4)13-18(17)29(21,24)25/h5-10,13H,1-4H3,(H,22,23)(H2,21,24,25). The average Bonchev–Trinajstić information content (AvgIpc) is 2.64. The number of methoxy groups -OCH3 is 1. The molecule has 2 rings (SSSR count). The highest BCUT2D eigenvalue weighted by Gasteiger charge is 2.27. The van der Waals surface area contributed by atoms with Crippen molar-refractivity contribution in [3.8, 4) is 17.6 Å². The zero-order valence-corrected chi connectivity index (χ0v) is 18.5. The summed E-state index contributed by atoms with van der Waals surface area (Å²) in [6.45, 7) is 5.88. The van der Waals surface area contributed by atoms with Crippen molar-refractivity contribution in [3.05, 3.63) is 53.6 Å². The predicted molar refractivity (Wildman–Crippen MR) is 112 cm³/mol. The van der Waals surface area contributed by atoms with Gasteiger partial charge < -0.3 is 4.74 Å². The highest BCUT2D eigenvalue weighted by molar-refractivity contribution is 7.92. The van der Waals surface area contributed by atoms with Gasteiger partial charge in [-0.15, -0.1) is 0 Å². The number of rotatable bonds is 5. The minimum Gasteiger partial charge on any atom is -0.497 e. The first-order valence-electron chi connectivity index (χ1n) is 8.64. The second-order valence-electron chi connectivity index (χ2n) is 7.37. The van der Waals surface area contributed by atoms with Gasteiger partial charge in [-0.2, -0.15) is 0 Å². The molecule has 0 saturated carbocycles. The van der Waals surface area contributed by atoms with Crippen molar-refractivity contribution in [1.82, 2.24) is 4.72 Å². The summed E-state index contributed by atoms with van der Waals surface area (Å²) in [6.07, 6.45) is 0. The number of nitrogens with two attached hydrogens (primary N) is 1. The van der Waals surface area contributed by atoms with Crippen LogP contribution in [0.4, 0.5) is 0 Å². The quantitative estimate of drug-likeness (QED) is 0.668. The van der Waals surface area contributed by atoms with Gasteiger partial charge in [0.2, 0.25) is 10.0 Å². The number of primary sulfonamides is 1. The lowest BCUT2D eigenvalue weighted by molar-refractivity contribution is 0.0981. The molecule has 0 aliphatic carbocycles. The number of nitrogens with one attached hydrogen (secondary N) is 1. The van der Waals surface area contributed by atoms with Crippen LogP contribution in [0.5, 0.6) is 5.75 Å². The van der Waals surface area contributed by atoms with Crippen molar-refractivity contribution in [2.45, 2.75) is 30.6 Å². The number of carbonyl (C=O) groups excluding carboxylic acids is 1. The third-order valence-electron chi connectivity index (χ3n) is 3.70. The van der Waals surface area contributed by atoms with Crippen molar-refractivity contribution in [1.29, 1.82) is 0 Å². The number of hydrogen-bond acceptors (Lipinski definition) is 6. The Morgan fingerprint density at radius 3 is 2.10 bits per heavy atom. The van der Waals surface area contributed by atoms with E-state index in [1.165, 1.54) is 25.3 Å². The Balaban J connectivity index is 2.34. The first-order valence-corrected chi connectivity index (χ1v) is 11.7. The van der Waals surface area contributed by atoms with Gasteiger partial charge in [0.15, 0.2) is 0 Å². The lowest BCUT2D eigenvalue weighted by Crippen LogP contribution is -2.32. The lowest BCUT2D eigenvalue weighted by atomic mass is 9.97. The molecule has 0 aromatic heterocycles. The average molecular weight is 451 g/mol. The van der Waals surface area contributed by atoms with E-state index in [2.05, 4.69) is 11.8 Å². The Labute approximate surface area is 176 Å². The minimum absolute atomic E-state index is 0.0607. The fourth-order valence-corrected chi connectivity index (χ4v) is 4.61. The van der Waals surface area contributed by atoms with Gasteiger partial charge in [0.1, 0.15) is 15.5 Å². The van der Waals surface area contributed by atoms with Crippen molar-refractivity contribution < 1.29 is 26.4 Å². The van der Waals surface area contributed by atoms with Crippen molar-refractivity contribution in [2.75, 3.05) is 7.11 Å². The minimum atomic E-state index is -4.53. The van der Waals surface area contributed by atoms with Gasteiger partial charge in [-0.3, -0.25) is 4.79 Å². The van der Waals surface area contributed by atoms with Crippen LogP contribution in [0.2, 0.25) is 0 Å². The molecule has 3 N–H and O–H groups in total. The molecular formula is C20H22N2O6S2. The van der Waals surface area contributed by atoms with E-state index >= 15 is 0 Å². The van der Waals surface area contributed by atoms with Crippen LogP contribution >= 0.6 is 0 Å². The van der Waals surface area contributed by atoms with E-state index in [0.717, 1.165) is 12.1 Å². The van der Waals surface area contributed by atoms with E-state index in [4.69, 9.17) is 9.88 Å². The molecule has 0 aliphatic heterocycles. The third-order valence-corrected chi connectivity index (χ3v) is 6.17. The van der Waals surface area contributed by atoms with Gasteiger partial charge >= 0.3 is 0 Å². The summed E-state index contributed by atoms with van der Waals surface area (Å²) >= 11 is 0. The van der Waals surface area contributed by atoms with Crippen LogP contribution in [0.15, 0.2) is 52.3 Å². The summed E-state index contributed by atoms with van der Waals surface area (Å²) in [5.41, 5.74) is 0.533. The Hall–Kier alpha value is -2.87. The van der Waals surface area contributed by atoms with Crippen molar-refractivity contribution >= 4 is 26.0 Å². The van der Waals surface area contributed by atoms with Crippen molar-refractivity contribution in [2.24, 2.45) is 10.6 Å². The number of sulfonamides is 2. The molecule has 8 nitrogen and oxygen atoms in total. The molecule has 1 amide bonds. The molecule has 10 heteroatoms. The van der Waals surface area contributed by atoms with Gasteiger partial charge in [-0.25, -0.2) is 26.7 Å². The number of hydrogen-bond donors (Lipinski definition) is 2. The summed E-state index contributed by atoms with van der Waals surface area (Å²) < 4.78 is 55.7. The van der Waals surface area contributed by atoms with E-state index in [-0.39, 0.29) is 16.7 Å². The third kappa shape index (κ3) is 6.06. The maximum atomic E-state index is 12.6. The van der Waals surface area contributed by atoms with Crippen LogP contribution in [-0.4, -0.2) is 29.9 Å². The van der Waals surface area contributed by atoms with E-state index in [1.807, 2.05) is 25.5 Å². The van der Waals surface area contributed by atoms with E-state index in [1.54, 1.807) is 12.1 Å². The monoisotopic (exact) mass is 450 g/mol. The highest BCUT2D eigenvalue weighted by Crippen LogP contribution is 2.25. The second-order valence-corrected chi connectivity index (χ2v) is 10.6. The summed E-state index contributed by atoms with van der Waals surface area (Å²) in [5.74, 6) is 5.18. The maximum absolute atomic E-state index is 12.6. The smallest absolute Gasteiger partial charge is 0.265 e. The molecule has 0 spiro atoms. The van der Waals surface area contributed by atoms with Gasteiger partial charge in [-0.1, -0.05) is 11.8 Å². The molecule has 0 aliphatic rings. The molecule has 0 fully saturated rings. The molecular weight excluding hydrogens is 428 g/mol. The number of carbonyl (C=O) groups is 1. The zero-order valence-electron chi connectivity index (χ0n) is 16.9. The summed E-state index contributed by atoms with van der Waals surface area (Å²) in [5, 5.41) is 5.12. The Bertz CT molecular complexity index is 1230. The maximum Gasteiger partial charge on any atom is 0.265 e. The molecule has 2 aromatic carbocycles. The first-order chi connectivity index (χ1) is 13.7. The molecule has 0 atom stereocenters. The van der Waals surface area contributed by atoms with Gasteiger partial charge in [0.05, 0.1) is 7.11 Å². The Morgan fingerprint density at radius 2 is 1.60 bits per heavy atom. The molecule has 0 saturated heterocycles. The van der Waals surface area contributed by atoms with E-state index in [0.29, 0.717) is 5.56 Å². The van der Waals surface area contributed by atoms with Gasteiger partial charge in [-0.05, 0) is 57.2 Å². The zero-order chi connectivity index (χ0) is 22.7. The van der Waals surface area contributed by atoms with Crippen LogP contribution in [-0.2, 0) is 20.0 Å². The normalized spacial score (nSPS) is 11.9. The summed E-state index contributed by atoms with van der Waals surface area (Å²) in [7, 11) is -7.64. The fraction of sp³-hybridized carbons (Fsp3) is 0.250. The number of amides is 1. The molecule has 160 valence electrons.